The van der Waals surface area contributed by atoms with Crippen LogP contribution < -0.4 is 0 Å². The van der Waals surface area contributed by atoms with E-state index in [4.69, 9.17) is 46.0 Å². The SMILES string of the molecule is O.O.O.O.O=[N+]([O-])[O-].O=[N+]([O-])[O-].O=[N+]([O-])[O-].[Al+3]. The third-order valence-electron chi connectivity index (χ3n) is 0. The smallest absolute Gasteiger partial charge is 0.412 e. The molecule has 104 valence electrons. The van der Waals surface area contributed by atoms with Gasteiger partial charge < -0.3 is 67.9 Å². The standard InChI is InChI=1S/Al.3NO3.4H2O/c;3*2-1(3)4;;;;/h;;;;4*1H2/q+3;3*-1;;;;. The Balaban J connectivity index is -0.0000000104. The zero-order valence-corrected chi connectivity index (χ0v) is 8.75. The predicted octanol–water partition coefficient (Wildman–Crippen LogP) is -4.40. The maximum Gasteiger partial charge on any atom is 3.00 e. The van der Waals surface area contributed by atoms with Crippen LogP contribution in [0.2, 0.25) is 0 Å². The Bertz CT molecular complexity index is 114. The number of hydrogen-bond acceptors (Lipinski definition) is 9. The van der Waals surface area contributed by atoms with Gasteiger partial charge in [0.25, 0.3) is 0 Å². The summed E-state index contributed by atoms with van der Waals surface area (Å²) in [7, 11) is 0. The van der Waals surface area contributed by atoms with E-state index in [1.165, 1.54) is 0 Å². The minimum Gasteiger partial charge on any atom is -0.412 e. The zero-order chi connectivity index (χ0) is 10.7. The first-order valence-electron chi connectivity index (χ1n) is 1.64. The molecule has 0 aliphatic carbocycles. The molecule has 0 rings (SSSR count). The molecule has 17 heavy (non-hydrogen) atoms. The minimum absolute atomic E-state index is 0. The third kappa shape index (κ3) is 487. The molecule has 0 spiro atoms. The Morgan fingerprint density at radius 2 is 0.471 bits per heavy atom. The number of hydrogen-bond donors (Lipinski definition) is 0. The maximum atomic E-state index is 8.25. The summed E-state index contributed by atoms with van der Waals surface area (Å²) in [6.45, 7) is 0. The fourth-order valence-electron chi connectivity index (χ4n) is 0. The second-order valence-corrected chi connectivity index (χ2v) is 0.671. The van der Waals surface area contributed by atoms with Crippen LogP contribution in [0, 0.1) is 46.0 Å². The molecule has 0 aromatic heterocycles. The van der Waals surface area contributed by atoms with Crippen molar-refractivity contribution in [1.82, 2.24) is 0 Å². The van der Waals surface area contributed by atoms with Gasteiger partial charge in [-0.1, -0.05) is 0 Å². The molecule has 0 atom stereocenters. The second-order valence-electron chi connectivity index (χ2n) is 0.671. The first kappa shape index (κ1) is 60.1. The van der Waals surface area contributed by atoms with E-state index in [0.29, 0.717) is 0 Å². The van der Waals surface area contributed by atoms with E-state index < -0.39 is 15.3 Å². The van der Waals surface area contributed by atoms with Crippen LogP contribution in [0.4, 0.5) is 0 Å². The number of nitrogens with zero attached hydrogens (tertiary/aromatic N) is 3. The van der Waals surface area contributed by atoms with E-state index in [-0.39, 0.29) is 39.3 Å². The Morgan fingerprint density at radius 3 is 0.471 bits per heavy atom. The van der Waals surface area contributed by atoms with Crippen LogP contribution in [0.1, 0.15) is 0 Å². The molecular weight excluding hydrogens is 277 g/mol. The molecule has 0 fully saturated rings. The van der Waals surface area contributed by atoms with Gasteiger partial charge in [0, 0.05) is 0 Å². The fraction of sp³-hybridized carbons (Fsp3) is 0. The average molecular weight is 285 g/mol. The quantitative estimate of drug-likeness (QED) is 0.235. The summed E-state index contributed by atoms with van der Waals surface area (Å²) in [5.41, 5.74) is 0. The molecule has 16 nitrogen and oxygen atoms in total. The van der Waals surface area contributed by atoms with Gasteiger partial charge in [0.1, 0.15) is 0 Å². The Kier molecular flexibility index (Phi) is 171. The van der Waals surface area contributed by atoms with Crippen molar-refractivity contribution in [3.63, 3.8) is 0 Å². The molecule has 8 N–H and O–H groups in total. The first-order chi connectivity index (χ1) is 5.20. The molecule has 0 unspecified atom stereocenters. The van der Waals surface area contributed by atoms with Gasteiger partial charge in [0.2, 0.25) is 0 Å². The normalized spacial score (nSPS) is 4.24. The van der Waals surface area contributed by atoms with Gasteiger partial charge >= 0.3 is 17.4 Å². The van der Waals surface area contributed by atoms with Gasteiger partial charge in [0.15, 0.2) is 0 Å². The monoisotopic (exact) mass is 285 g/mol. The zero-order valence-electron chi connectivity index (χ0n) is 7.59. The van der Waals surface area contributed by atoms with Crippen LogP contribution >= 0.6 is 0 Å². The van der Waals surface area contributed by atoms with Gasteiger partial charge in [-0.15, -0.1) is 0 Å². The van der Waals surface area contributed by atoms with E-state index in [1.54, 1.807) is 0 Å². The molecule has 0 aromatic carbocycles. The Labute approximate surface area is 101 Å². The van der Waals surface area contributed by atoms with Gasteiger partial charge in [-0.05, 0) is 0 Å². The van der Waals surface area contributed by atoms with Crippen molar-refractivity contribution in [3.05, 3.63) is 46.0 Å². The molecule has 0 saturated carbocycles. The van der Waals surface area contributed by atoms with Gasteiger partial charge in [0.05, 0.1) is 15.3 Å². The van der Waals surface area contributed by atoms with Crippen molar-refractivity contribution in [2.24, 2.45) is 0 Å². The molecule has 0 aromatic rings. The molecule has 0 aliphatic rings. The average Bonchev–Trinajstić information content (AvgIpc) is 1.54. The molecule has 0 radical (unpaired) electrons. The van der Waals surface area contributed by atoms with Crippen molar-refractivity contribution in [2.45, 2.75) is 0 Å². The van der Waals surface area contributed by atoms with Crippen molar-refractivity contribution < 1.29 is 37.2 Å². The van der Waals surface area contributed by atoms with E-state index in [2.05, 4.69) is 0 Å². The van der Waals surface area contributed by atoms with Crippen LogP contribution in [0.25, 0.3) is 0 Å². The molecule has 0 saturated heterocycles. The summed E-state index contributed by atoms with van der Waals surface area (Å²) in [6, 6.07) is 0. The third-order valence-corrected chi connectivity index (χ3v) is 0. The Morgan fingerprint density at radius 1 is 0.471 bits per heavy atom. The van der Waals surface area contributed by atoms with Gasteiger partial charge in [-0.2, -0.15) is 0 Å². The van der Waals surface area contributed by atoms with Crippen LogP contribution in [-0.2, 0) is 0 Å². The van der Waals surface area contributed by atoms with Crippen molar-refractivity contribution in [2.75, 3.05) is 0 Å². The number of rotatable bonds is 0. The summed E-state index contributed by atoms with van der Waals surface area (Å²) < 4.78 is 0. The topological polar surface area (TPSA) is 325 Å². The van der Waals surface area contributed by atoms with Crippen LogP contribution in [0.5, 0.6) is 0 Å². The summed E-state index contributed by atoms with van der Waals surface area (Å²) >= 11 is 0. The van der Waals surface area contributed by atoms with Gasteiger partial charge in [-0.25, -0.2) is 0 Å². The summed E-state index contributed by atoms with van der Waals surface area (Å²) in [6.07, 6.45) is 0. The van der Waals surface area contributed by atoms with Crippen LogP contribution in [-0.4, -0.2) is 54.5 Å². The van der Waals surface area contributed by atoms with E-state index >= 15 is 0 Å². The fourth-order valence-corrected chi connectivity index (χ4v) is 0. The van der Waals surface area contributed by atoms with E-state index in [9.17, 15) is 0 Å². The van der Waals surface area contributed by atoms with Crippen molar-refractivity contribution in [3.8, 4) is 0 Å². The van der Waals surface area contributed by atoms with Crippen LogP contribution in [0.3, 0.4) is 0 Å². The molecule has 17 heteroatoms. The second kappa shape index (κ2) is 48.4. The molecule has 0 aliphatic heterocycles. The molecule has 0 amide bonds. The van der Waals surface area contributed by atoms with Crippen LogP contribution in [0.15, 0.2) is 0 Å². The maximum absolute atomic E-state index is 8.25. The largest absolute Gasteiger partial charge is 3.00 e. The van der Waals surface area contributed by atoms with E-state index in [0.717, 1.165) is 0 Å². The van der Waals surface area contributed by atoms with Crippen molar-refractivity contribution >= 4 is 17.4 Å². The van der Waals surface area contributed by atoms with Gasteiger partial charge in [-0.3, -0.25) is 0 Å². The van der Waals surface area contributed by atoms with Crippen molar-refractivity contribution in [1.29, 1.82) is 0 Å². The molecular formula is H8AlN3O13. The summed E-state index contributed by atoms with van der Waals surface area (Å²) in [5.74, 6) is 0. The predicted molar refractivity (Wildman–Crippen MR) is 51.3 cm³/mol. The summed E-state index contributed by atoms with van der Waals surface area (Å²) in [4.78, 5) is 24.8. The molecule has 0 heterocycles. The first-order valence-corrected chi connectivity index (χ1v) is 1.64. The summed E-state index contributed by atoms with van der Waals surface area (Å²) in [5, 5.41) is 44.2. The van der Waals surface area contributed by atoms with E-state index in [1.807, 2.05) is 0 Å². The Hall–Kier alpha value is -2.03. The molecule has 0 bridgehead atoms. The minimum atomic E-state index is -1.75.